The van der Waals surface area contributed by atoms with Crippen molar-refractivity contribution in [3.63, 3.8) is 0 Å². The van der Waals surface area contributed by atoms with Crippen LogP contribution < -0.4 is 5.32 Å². The second-order valence-electron chi connectivity index (χ2n) is 3.80. The zero-order chi connectivity index (χ0) is 12.8. The van der Waals surface area contributed by atoms with Crippen molar-refractivity contribution in [1.29, 1.82) is 0 Å². The summed E-state index contributed by atoms with van der Waals surface area (Å²) in [5.74, 6) is -0.337. The summed E-state index contributed by atoms with van der Waals surface area (Å²) in [6, 6.07) is 1.53. The standard InChI is InChI=1S/C11H15BrN2O3/c1-7(6-17-2)4-13-10-9(11(15)16)3-8(12)5-14-10/h3,5,7H,4,6H2,1-2H3,(H,13,14)(H,15,16). The fourth-order valence-corrected chi connectivity index (χ4v) is 1.69. The van der Waals surface area contributed by atoms with Gasteiger partial charge in [0, 0.05) is 24.3 Å². The summed E-state index contributed by atoms with van der Waals surface area (Å²) < 4.78 is 5.65. The molecule has 0 aromatic carbocycles. The van der Waals surface area contributed by atoms with Crippen LogP contribution in [0.25, 0.3) is 0 Å². The van der Waals surface area contributed by atoms with Gasteiger partial charge in [0.15, 0.2) is 0 Å². The molecular formula is C11H15BrN2O3. The lowest BCUT2D eigenvalue weighted by Gasteiger charge is -2.13. The fraction of sp³-hybridized carbons (Fsp3) is 0.455. The van der Waals surface area contributed by atoms with Crippen molar-refractivity contribution in [3.8, 4) is 0 Å². The third-order valence-electron chi connectivity index (χ3n) is 2.15. The summed E-state index contributed by atoms with van der Waals surface area (Å²) in [5, 5.41) is 12.0. The summed E-state index contributed by atoms with van der Waals surface area (Å²) in [7, 11) is 1.64. The third-order valence-corrected chi connectivity index (χ3v) is 2.59. The molecular weight excluding hydrogens is 288 g/mol. The molecule has 2 N–H and O–H groups in total. The van der Waals surface area contributed by atoms with Crippen molar-refractivity contribution in [2.75, 3.05) is 25.6 Å². The highest BCUT2D eigenvalue weighted by Crippen LogP contribution is 2.18. The Labute approximate surface area is 108 Å². The predicted octanol–water partition coefficient (Wildman–Crippen LogP) is 2.24. The molecule has 5 nitrogen and oxygen atoms in total. The van der Waals surface area contributed by atoms with Gasteiger partial charge >= 0.3 is 5.97 Å². The average molecular weight is 303 g/mol. The number of pyridine rings is 1. The number of anilines is 1. The van der Waals surface area contributed by atoms with Crippen LogP contribution in [-0.2, 0) is 4.74 Å². The van der Waals surface area contributed by atoms with E-state index in [-0.39, 0.29) is 11.5 Å². The molecule has 1 heterocycles. The minimum absolute atomic E-state index is 0.156. The largest absolute Gasteiger partial charge is 0.478 e. The fourth-order valence-electron chi connectivity index (χ4n) is 1.36. The van der Waals surface area contributed by atoms with Crippen molar-refractivity contribution >= 4 is 27.7 Å². The van der Waals surface area contributed by atoms with E-state index in [0.29, 0.717) is 23.4 Å². The molecule has 94 valence electrons. The Morgan fingerprint density at radius 3 is 3.00 bits per heavy atom. The van der Waals surface area contributed by atoms with E-state index in [1.165, 1.54) is 6.07 Å². The minimum atomic E-state index is -0.999. The molecule has 0 amide bonds. The normalized spacial score (nSPS) is 12.2. The predicted molar refractivity (Wildman–Crippen MR) is 68.4 cm³/mol. The van der Waals surface area contributed by atoms with Crippen LogP contribution in [0.3, 0.4) is 0 Å². The van der Waals surface area contributed by atoms with Gasteiger partial charge in [0.25, 0.3) is 0 Å². The molecule has 1 unspecified atom stereocenters. The van der Waals surface area contributed by atoms with Gasteiger partial charge in [-0.15, -0.1) is 0 Å². The number of hydrogen-bond acceptors (Lipinski definition) is 4. The van der Waals surface area contributed by atoms with E-state index in [0.717, 1.165) is 0 Å². The highest BCUT2D eigenvalue weighted by Gasteiger charge is 2.12. The van der Waals surface area contributed by atoms with E-state index >= 15 is 0 Å². The molecule has 1 aromatic rings. The first-order chi connectivity index (χ1) is 8.04. The van der Waals surface area contributed by atoms with Crippen LogP contribution in [0.1, 0.15) is 17.3 Å². The number of nitrogens with zero attached hydrogens (tertiary/aromatic N) is 1. The first kappa shape index (κ1) is 13.9. The minimum Gasteiger partial charge on any atom is -0.478 e. The van der Waals surface area contributed by atoms with Gasteiger partial charge in [-0.1, -0.05) is 6.92 Å². The maximum absolute atomic E-state index is 11.0. The van der Waals surface area contributed by atoms with Gasteiger partial charge in [0.2, 0.25) is 0 Å². The lowest BCUT2D eigenvalue weighted by Crippen LogP contribution is -2.18. The number of ether oxygens (including phenoxy) is 1. The van der Waals surface area contributed by atoms with E-state index < -0.39 is 5.97 Å². The molecule has 0 spiro atoms. The molecule has 1 aromatic heterocycles. The molecule has 0 bridgehead atoms. The van der Waals surface area contributed by atoms with Crippen LogP contribution in [0.2, 0.25) is 0 Å². The van der Waals surface area contributed by atoms with Crippen LogP contribution in [-0.4, -0.2) is 36.3 Å². The Bertz CT molecular complexity index is 398. The highest BCUT2D eigenvalue weighted by atomic mass is 79.9. The summed E-state index contributed by atoms with van der Waals surface area (Å²) in [6.45, 7) is 3.24. The van der Waals surface area contributed by atoms with E-state index in [4.69, 9.17) is 9.84 Å². The molecule has 0 aliphatic carbocycles. The third kappa shape index (κ3) is 4.32. The Kier molecular flexibility index (Phi) is 5.37. The number of aromatic nitrogens is 1. The van der Waals surface area contributed by atoms with Crippen LogP contribution in [0.4, 0.5) is 5.82 Å². The van der Waals surface area contributed by atoms with Crippen molar-refractivity contribution in [1.82, 2.24) is 4.98 Å². The molecule has 6 heteroatoms. The molecule has 1 atom stereocenters. The number of methoxy groups -OCH3 is 1. The monoisotopic (exact) mass is 302 g/mol. The van der Waals surface area contributed by atoms with Crippen molar-refractivity contribution < 1.29 is 14.6 Å². The Morgan fingerprint density at radius 1 is 1.71 bits per heavy atom. The van der Waals surface area contributed by atoms with Crippen LogP contribution in [0.15, 0.2) is 16.7 Å². The van der Waals surface area contributed by atoms with Gasteiger partial charge in [-0.25, -0.2) is 9.78 Å². The molecule has 0 aliphatic rings. The lowest BCUT2D eigenvalue weighted by molar-refractivity contribution is 0.0697. The Morgan fingerprint density at radius 2 is 2.41 bits per heavy atom. The quantitative estimate of drug-likeness (QED) is 0.843. The number of hydrogen-bond donors (Lipinski definition) is 2. The maximum Gasteiger partial charge on any atom is 0.339 e. The average Bonchev–Trinajstić information content (AvgIpc) is 2.27. The number of carboxylic acids is 1. The van der Waals surface area contributed by atoms with Gasteiger partial charge in [-0.05, 0) is 27.9 Å². The summed E-state index contributed by atoms with van der Waals surface area (Å²) in [6.07, 6.45) is 1.57. The van der Waals surface area contributed by atoms with Gasteiger partial charge < -0.3 is 15.2 Å². The van der Waals surface area contributed by atoms with Gasteiger partial charge in [-0.3, -0.25) is 0 Å². The number of aromatic carboxylic acids is 1. The zero-order valence-corrected chi connectivity index (χ0v) is 11.3. The number of halogens is 1. The molecule has 1 rings (SSSR count). The van der Waals surface area contributed by atoms with Crippen LogP contribution >= 0.6 is 15.9 Å². The second-order valence-corrected chi connectivity index (χ2v) is 4.71. The number of nitrogens with one attached hydrogen (secondary N) is 1. The van der Waals surface area contributed by atoms with Gasteiger partial charge in [-0.2, -0.15) is 0 Å². The summed E-state index contributed by atoms with van der Waals surface area (Å²) in [4.78, 5) is 15.1. The van der Waals surface area contributed by atoms with Crippen molar-refractivity contribution in [2.24, 2.45) is 5.92 Å². The molecule has 0 aliphatic heterocycles. The van der Waals surface area contributed by atoms with E-state index in [1.807, 2.05) is 6.92 Å². The Balaban J connectivity index is 2.73. The molecule has 0 saturated carbocycles. The van der Waals surface area contributed by atoms with Gasteiger partial charge in [0.05, 0.1) is 6.61 Å². The topological polar surface area (TPSA) is 71.5 Å². The highest BCUT2D eigenvalue weighted by molar-refractivity contribution is 9.10. The zero-order valence-electron chi connectivity index (χ0n) is 9.74. The number of carboxylic acid groups (broad SMARTS) is 1. The molecule has 0 radical (unpaired) electrons. The number of carbonyl (C=O) groups is 1. The van der Waals surface area contributed by atoms with Gasteiger partial charge in [0.1, 0.15) is 11.4 Å². The first-order valence-electron chi connectivity index (χ1n) is 5.16. The SMILES string of the molecule is COCC(C)CNc1ncc(Br)cc1C(=O)O. The first-order valence-corrected chi connectivity index (χ1v) is 5.95. The van der Waals surface area contributed by atoms with Crippen molar-refractivity contribution in [2.45, 2.75) is 6.92 Å². The summed E-state index contributed by atoms with van der Waals surface area (Å²) in [5.41, 5.74) is 0.156. The van der Waals surface area contributed by atoms with E-state index in [9.17, 15) is 4.79 Å². The Hall–Kier alpha value is -1.14. The lowest BCUT2D eigenvalue weighted by atomic mass is 10.2. The van der Waals surface area contributed by atoms with E-state index in [1.54, 1.807) is 13.3 Å². The molecule has 0 fully saturated rings. The second kappa shape index (κ2) is 6.56. The van der Waals surface area contributed by atoms with E-state index in [2.05, 4.69) is 26.2 Å². The molecule has 0 saturated heterocycles. The molecule has 17 heavy (non-hydrogen) atoms. The maximum atomic E-state index is 11.0. The number of rotatable bonds is 6. The van der Waals surface area contributed by atoms with Crippen LogP contribution in [0, 0.1) is 5.92 Å². The van der Waals surface area contributed by atoms with Crippen LogP contribution in [0.5, 0.6) is 0 Å². The summed E-state index contributed by atoms with van der Waals surface area (Å²) >= 11 is 3.20. The smallest absolute Gasteiger partial charge is 0.339 e. The van der Waals surface area contributed by atoms with Crippen molar-refractivity contribution in [3.05, 3.63) is 22.3 Å².